The topological polar surface area (TPSA) is 92.5 Å². The van der Waals surface area contributed by atoms with Gasteiger partial charge in [0.2, 0.25) is 0 Å². The Morgan fingerprint density at radius 1 is 1.63 bits per heavy atom. The van der Waals surface area contributed by atoms with Gasteiger partial charge in [-0.1, -0.05) is 0 Å². The first-order chi connectivity index (χ1) is 8.81. The third-order valence-electron chi connectivity index (χ3n) is 2.43. The van der Waals surface area contributed by atoms with Crippen molar-refractivity contribution < 1.29 is 19.2 Å². The van der Waals surface area contributed by atoms with Crippen molar-refractivity contribution in [3.05, 3.63) is 32.5 Å². The zero-order valence-corrected chi connectivity index (χ0v) is 11.6. The zero-order chi connectivity index (χ0) is 14.6. The van der Waals surface area contributed by atoms with E-state index in [0.29, 0.717) is 6.42 Å². The molecule has 0 heterocycles. The van der Waals surface area contributed by atoms with Crippen molar-refractivity contribution in [2.24, 2.45) is 0 Å². The van der Waals surface area contributed by atoms with E-state index >= 15 is 0 Å². The quantitative estimate of drug-likeness (QED) is 0.615. The Labute approximate surface area is 116 Å². The lowest BCUT2D eigenvalue weighted by Gasteiger charge is -2.14. The van der Waals surface area contributed by atoms with Gasteiger partial charge < -0.3 is 10.4 Å². The Bertz CT molecular complexity index is 510. The minimum absolute atomic E-state index is 0.0513. The minimum atomic E-state index is -0.941. The van der Waals surface area contributed by atoms with Crippen LogP contribution in [0.3, 0.4) is 0 Å². The van der Waals surface area contributed by atoms with Crippen LogP contribution in [0.2, 0.25) is 0 Å². The Hall–Kier alpha value is -1.70. The summed E-state index contributed by atoms with van der Waals surface area (Å²) in [6, 6.07) is 1.80. The summed E-state index contributed by atoms with van der Waals surface area (Å²) in [6.07, 6.45) is 0.256. The molecule has 0 spiro atoms. The van der Waals surface area contributed by atoms with Crippen LogP contribution in [-0.4, -0.2) is 22.0 Å². The van der Waals surface area contributed by atoms with Crippen LogP contribution in [0.5, 0.6) is 0 Å². The summed E-state index contributed by atoms with van der Waals surface area (Å²) >= 11 is 2.95. The molecule has 104 valence electrons. The van der Waals surface area contributed by atoms with Crippen molar-refractivity contribution in [2.45, 2.75) is 25.8 Å². The van der Waals surface area contributed by atoms with Crippen molar-refractivity contribution in [1.29, 1.82) is 0 Å². The molecule has 0 saturated carbocycles. The van der Waals surface area contributed by atoms with Crippen molar-refractivity contribution >= 4 is 33.3 Å². The van der Waals surface area contributed by atoms with Crippen LogP contribution >= 0.6 is 15.9 Å². The summed E-state index contributed by atoms with van der Waals surface area (Å²) in [5, 5.41) is 22.2. The number of aliphatic carboxylic acids is 1. The van der Waals surface area contributed by atoms with E-state index in [2.05, 4.69) is 21.2 Å². The maximum absolute atomic E-state index is 13.3. The first-order valence-corrected chi connectivity index (χ1v) is 6.22. The van der Waals surface area contributed by atoms with Crippen LogP contribution in [0.25, 0.3) is 0 Å². The van der Waals surface area contributed by atoms with Gasteiger partial charge in [-0.15, -0.1) is 0 Å². The molecule has 0 aliphatic rings. The largest absolute Gasteiger partial charge is 0.481 e. The number of rotatable bonds is 6. The molecule has 0 saturated heterocycles. The van der Waals surface area contributed by atoms with E-state index < -0.39 is 16.7 Å². The third-order valence-corrected chi connectivity index (χ3v) is 3.04. The fourth-order valence-electron chi connectivity index (χ4n) is 1.48. The molecule has 0 radical (unpaired) electrons. The minimum Gasteiger partial charge on any atom is -0.481 e. The number of halogens is 2. The zero-order valence-electron chi connectivity index (χ0n) is 10.0. The highest BCUT2D eigenvalue weighted by molar-refractivity contribution is 9.10. The SMILES string of the molecule is CC(CCC(=O)O)Nc1cc(Br)c(F)cc1[N+](=O)[O-]. The third kappa shape index (κ3) is 4.47. The summed E-state index contributed by atoms with van der Waals surface area (Å²) < 4.78 is 13.4. The predicted molar refractivity (Wildman–Crippen MR) is 70.7 cm³/mol. The fraction of sp³-hybridized carbons (Fsp3) is 0.364. The van der Waals surface area contributed by atoms with Gasteiger partial charge in [-0.3, -0.25) is 14.9 Å². The van der Waals surface area contributed by atoms with Crippen LogP contribution < -0.4 is 5.32 Å². The summed E-state index contributed by atoms with van der Waals surface area (Å²) in [4.78, 5) is 20.6. The number of carbonyl (C=O) groups is 1. The lowest BCUT2D eigenvalue weighted by Crippen LogP contribution is -2.17. The van der Waals surface area contributed by atoms with Crippen molar-refractivity contribution in [1.82, 2.24) is 0 Å². The standard InChI is InChI=1S/C11H12BrFN2O4/c1-6(2-3-11(16)17)14-9-4-7(12)8(13)5-10(9)15(18)19/h4-6,14H,2-3H2,1H3,(H,16,17). The van der Waals surface area contributed by atoms with Gasteiger partial charge in [-0.05, 0) is 35.3 Å². The average Bonchev–Trinajstić information content (AvgIpc) is 2.30. The number of carboxylic acids is 1. The number of nitro benzene ring substituents is 1. The van der Waals surface area contributed by atoms with E-state index in [1.54, 1.807) is 6.92 Å². The van der Waals surface area contributed by atoms with E-state index in [1.807, 2.05) is 0 Å². The second-order valence-corrected chi connectivity index (χ2v) is 4.87. The molecule has 6 nitrogen and oxygen atoms in total. The smallest absolute Gasteiger partial charge is 0.303 e. The summed E-state index contributed by atoms with van der Waals surface area (Å²) in [6.45, 7) is 1.70. The van der Waals surface area contributed by atoms with E-state index in [0.717, 1.165) is 6.07 Å². The van der Waals surface area contributed by atoms with Gasteiger partial charge in [0.05, 0.1) is 15.5 Å². The highest BCUT2D eigenvalue weighted by Gasteiger charge is 2.19. The Balaban J connectivity index is 2.90. The van der Waals surface area contributed by atoms with E-state index in [1.165, 1.54) is 6.07 Å². The Kier molecular flexibility index (Phi) is 5.22. The Morgan fingerprint density at radius 3 is 2.79 bits per heavy atom. The van der Waals surface area contributed by atoms with E-state index in [-0.39, 0.29) is 28.3 Å². The Morgan fingerprint density at radius 2 is 2.26 bits per heavy atom. The molecule has 0 fully saturated rings. The highest BCUT2D eigenvalue weighted by atomic mass is 79.9. The van der Waals surface area contributed by atoms with E-state index in [9.17, 15) is 19.3 Å². The molecule has 1 aromatic rings. The van der Waals surface area contributed by atoms with Gasteiger partial charge >= 0.3 is 5.97 Å². The number of anilines is 1. The average molecular weight is 335 g/mol. The molecule has 1 rings (SSSR count). The van der Waals surface area contributed by atoms with Gasteiger partial charge in [0.15, 0.2) is 0 Å². The number of nitrogens with zero attached hydrogens (tertiary/aromatic N) is 1. The van der Waals surface area contributed by atoms with Gasteiger partial charge in [0.25, 0.3) is 5.69 Å². The van der Waals surface area contributed by atoms with Crippen LogP contribution in [0.4, 0.5) is 15.8 Å². The second kappa shape index (κ2) is 6.46. The number of benzene rings is 1. The number of hydrogen-bond donors (Lipinski definition) is 2. The van der Waals surface area contributed by atoms with Crippen molar-refractivity contribution in [3.8, 4) is 0 Å². The molecular formula is C11H12BrFN2O4. The van der Waals surface area contributed by atoms with E-state index in [4.69, 9.17) is 5.11 Å². The maximum Gasteiger partial charge on any atom is 0.303 e. The highest BCUT2D eigenvalue weighted by Crippen LogP contribution is 2.31. The molecule has 1 aromatic carbocycles. The van der Waals surface area contributed by atoms with Gasteiger partial charge in [0, 0.05) is 12.5 Å². The molecule has 0 aliphatic carbocycles. The lowest BCUT2D eigenvalue weighted by molar-refractivity contribution is -0.384. The van der Waals surface area contributed by atoms with Crippen LogP contribution in [0.15, 0.2) is 16.6 Å². The molecule has 0 aliphatic heterocycles. The lowest BCUT2D eigenvalue weighted by atomic mass is 10.1. The molecule has 8 heteroatoms. The van der Waals surface area contributed by atoms with Gasteiger partial charge in [-0.2, -0.15) is 0 Å². The molecule has 0 aromatic heterocycles. The molecule has 1 unspecified atom stereocenters. The van der Waals surface area contributed by atoms with Crippen molar-refractivity contribution in [3.63, 3.8) is 0 Å². The van der Waals surface area contributed by atoms with Crippen LogP contribution in [0, 0.1) is 15.9 Å². The van der Waals surface area contributed by atoms with Crippen LogP contribution in [0.1, 0.15) is 19.8 Å². The monoisotopic (exact) mass is 334 g/mol. The summed E-state index contributed by atoms with van der Waals surface area (Å²) in [5.41, 5.74) is -0.237. The number of nitrogens with one attached hydrogen (secondary N) is 1. The summed E-state index contributed by atoms with van der Waals surface area (Å²) in [7, 11) is 0. The van der Waals surface area contributed by atoms with Crippen molar-refractivity contribution in [2.75, 3.05) is 5.32 Å². The number of carboxylic acid groups (broad SMARTS) is 1. The number of nitro groups is 1. The first kappa shape index (κ1) is 15.4. The second-order valence-electron chi connectivity index (χ2n) is 4.02. The fourth-order valence-corrected chi connectivity index (χ4v) is 1.82. The molecular weight excluding hydrogens is 323 g/mol. The normalized spacial score (nSPS) is 11.9. The van der Waals surface area contributed by atoms with Gasteiger partial charge in [-0.25, -0.2) is 4.39 Å². The maximum atomic E-state index is 13.3. The van der Waals surface area contributed by atoms with Crippen LogP contribution in [-0.2, 0) is 4.79 Å². The first-order valence-electron chi connectivity index (χ1n) is 5.43. The van der Waals surface area contributed by atoms with Gasteiger partial charge in [0.1, 0.15) is 11.5 Å². The summed E-state index contributed by atoms with van der Waals surface area (Å²) in [5.74, 6) is -1.67. The predicted octanol–water partition coefficient (Wildman–Crippen LogP) is 3.16. The molecule has 1 atom stereocenters. The molecule has 0 bridgehead atoms. The molecule has 0 amide bonds. The molecule has 19 heavy (non-hydrogen) atoms. The number of hydrogen-bond acceptors (Lipinski definition) is 4. The molecule has 2 N–H and O–H groups in total.